The van der Waals surface area contributed by atoms with E-state index in [1.807, 2.05) is 21.1 Å². The Morgan fingerprint density at radius 3 is 1.21 bits per heavy atom. The molecular formula is C60H107NO8P+. The van der Waals surface area contributed by atoms with Crippen LogP contribution >= 0.6 is 7.82 Å². The molecule has 0 spiro atoms. The summed E-state index contributed by atoms with van der Waals surface area (Å²) in [5.41, 5.74) is 0. The van der Waals surface area contributed by atoms with Crippen LogP contribution in [-0.4, -0.2) is 74.9 Å². The van der Waals surface area contributed by atoms with Crippen LogP contribution in [0.25, 0.3) is 0 Å². The number of quaternary nitrogens is 1. The van der Waals surface area contributed by atoms with E-state index in [0.29, 0.717) is 17.4 Å². The number of carbonyl (C=O) groups is 2. The average Bonchev–Trinajstić information content (AvgIpc) is 3.32. The third-order valence-electron chi connectivity index (χ3n) is 11.9. The largest absolute Gasteiger partial charge is 0.472 e. The molecule has 0 aromatic rings. The van der Waals surface area contributed by atoms with Crippen LogP contribution in [-0.2, 0) is 32.7 Å². The Bertz CT molecular complexity index is 1460. The van der Waals surface area contributed by atoms with Crippen molar-refractivity contribution in [2.24, 2.45) is 0 Å². The molecule has 0 aliphatic heterocycles. The van der Waals surface area contributed by atoms with Gasteiger partial charge in [-0.1, -0.05) is 234 Å². The Balaban J connectivity index is 3.79. The highest BCUT2D eigenvalue weighted by Gasteiger charge is 2.27. The van der Waals surface area contributed by atoms with E-state index in [-0.39, 0.29) is 32.0 Å². The number of phosphoric ester groups is 1. The van der Waals surface area contributed by atoms with Gasteiger partial charge in [-0.2, -0.15) is 0 Å². The van der Waals surface area contributed by atoms with Gasteiger partial charge in [0, 0.05) is 12.8 Å². The summed E-state index contributed by atoms with van der Waals surface area (Å²) in [4.78, 5) is 35.1. The minimum Gasteiger partial charge on any atom is -0.462 e. The second kappa shape index (κ2) is 51.1. The van der Waals surface area contributed by atoms with Crippen LogP contribution in [0.4, 0.5) is 0 Å². The molecule has 2 unspecified atom stereocenters. The maximum Gasteiger partial charge on any atom is 0.472 e. The Morgan fingerprint density at radius 1 is 0.457 bits per heavy atom. The maximum absolute atomic E-state index is 12.7. The Labute approximate surface area is 431 Å². The first-order valence-electron chi connectivity index (χ1n) is 28.3. The van der Waals surface area contributed by atoms with Crippen molar-refractivity contribution in [2.75, 3.05) is 47.5 Å². The van der Waals surface area contributed by atoms with Crippen molar-refractivity contribution in [2.45, 2.75) is 238 Å². The summed E-state index contributed by atoms with van der Waals surface area (Å²) in [7, 11) is 1.48. The van der Waals surface area contributed by atoms with Crippen LogP contribution in [0.1, 0.15) is 232 Å². The smallest absolute Gasteiger partial charge is 0.462 e. The number of allylic oxidation sites excluding steroid dienone is 14. The number of ether oxygens (including phenoxy) is 2. The maximum atomic E-state index is 12.7. The van der Waals surface area contributed by atoms with Gasteiger partial charge in [0.2, 0.25) is 0 Å². The van der Waals surface area contributed by atoms with Crippen LogP contribution in [0.3, 0.4) is 0 Å². The zero-order chi connectivity index (χ0) is 51.3. The SMILES string of the molecule is CC/C=C\C/C=C\C/C=C\C/C=C\C/C=C\C/C=C\C/C=C\CCCCCCCCCCCCCCCCCCCCCC(=O)OC(COC(=O)CCCCCCC)COP(=O)(O)OCC[N+](C)(C)C. The molecule has 0 aromatic heterocycles. The van der Waals surface area contributed by atoms with E-state index in [9.17, 15) is 19.0 Å². The quantitative estimate of drug-likeness (QED) is 0.0211. The average molecular weight is 1000 g/mol. The normalized spacial score (nSPS) is 14.0. The second-order valence-electron chi connectivity index (χ2n) is 19.9. The van der Waals surface area contributed by atoms with Crippen molar-refractivity contribution in [1.29, 1.82) is 0 Å². The molecule has 0 saturated carbocycles. The summed E-state index contributed by atoms with van der Waals surface area (Å²) in [5.74, 6) is -0.808. The summed E-state index contributed by atoms with van der Waals surface area (Å²) in [6.07, 6.45) is 68.8. The predicted molar refractivity (Wildman–Crippen MR) is 298 cm³/mol. The summed E-state index contributed by atoms with van der Waals surface area (Å²) in [6.45, 7) is 4.22. The molecule has 0 rings (SSSR count). The van der Waals surface area contributed by atoms with E-state index < -0.39 is 26.5 Å². The number of carbonyl (C=O) groups excluding carboxylic acids is 2. The summed E-state index contributed by atoms with van der Waals surface area (Å²) in [5, 5.41) is 0. The highest BCUT2D eigenvalue weighted by Crippen LogP contribution is 2.43. The third kappa shape index (κ3) is 54.5. The molecule has 9 nitrogen and oxygen atoms in total. The number of nitrogens with zero attached hydrogens (tertiary/aromatic N) is 1. The van der Waals surface area contributed by atoms with Crippen LogP contribution in [0.5, 0.6) is 0 Å². The molecule has 404 valence electrons. The van der Waals surface area contributed by atoms with Gasteiger partial charge in [-0.25, -0.2) is 4.57 Å². The lowest BCUT2D eigenvalue weighted by atomic mass is 10.0. The van der Waals surface area contributed by atoms with Gasteiger partial charge >= 0.3 is 19.8 Å². The second-order valence-corrected chi connectivity index (χ2v) is 21.4. The van der Waals surface area contributed by atoms with Crippen molar-refractivity contribution >= 4 is 19.8 Å². The lowest BCUT2D eigenvalue weighted by molar-refractivity contribution is -0.870. The number of hydrogen-bond acceptors (Lipinski definition) is 7. The first-order chi connectivity index (χ1) is 34.0. The number of likely N-dealkylation sites (N-methyl/N-ethyl adjacent to an activating group) is 1. The summed E-state index contributed by atoms with van der Waals surface area (Å²) < 4.78 is 34.2. The first-order valence-corrected chi connectivity index (χ1v) is 29.8. The molecule has 10 heteroatoms. The molecule has 70 heavy (non-hydrogen) atoms. The standard InChI is InChI=1S/C60H106NO8P/c1-6-8-10-12-13-14-15-16-17-18-19-20-21-22-23-24-25-26-27-28-29-30-31-32-33-34-35-36-37-38-39-40-41-42-43-44-45-46-47-49-51-53-60(63)69-58(56-66-59(62)52-50-48-11-9-7-2)57-68-70(64,65)67-55-54-61(3,4)5/h8,10,13-14,16-17,19-20,22-23,25-26,28-29,58H,6-7,9,11-12,15,18,21,24,27,30-57H2,1-5H3/p+1/b10-8-,14-13-,17-16-,20-19-,23-22-,26-25-,29-28-. The van der Waals surface area contributed by atoms with Gasteiger partial charge in [0.15, 0.2) is 6.10 Å². The molecule has 1 N–H and O–H groups in total. The van der Waals surface area contributed by atoms with E-state index in [4.69, 9.17) is 18.5 Å². The minimum absolute atomic E-state index is 0.0314. The summed E-state index contributed by atoms with van der Waals surface area (Å²) in [6, 6.07) is 0. The Hall–Kier alpha value is -2.81. The fourth-order valence-corrected chi connectivity index (χ4v) is 8.33. The van der Waals surface area contributed by atoms with Gasteiger partial charge in [-0.3, -0.25) is 18.6 Å². The van der Waals surface area contributed by atoms with Crippen molar-refractivity contribution in [3.63, 3.8) is 0 Å². The fourth-order valence-electron chi connectivity index (χ4n) is 7.58. The predicted octanol–water partition coefficient (Wildman–Crippen LogP) is 17.5. The van der Waals surface area contributed by atoms with Crippen molar-refractivity contribution in [3.05, 3.63) is 85.1 Å². The van der Waals surface area contributed by atoms with Crippen LogP contribution in [0.2, 0.25) is 0 Å². The Kier molecular flexibility index (Phi) is 49.1. The lowest BCUT2D eigenvalue weighted by Crippen LogP contribution is -2.37. The highest BCUT2D eigenvalue weighted by atomic mass is 31.2. The third-order valence-corrected chi connectivity index (χ3v) is 12.9. The molecule has 0 fully saturated rings. The number of phosphoric acid groups is 1. The Morgan fingerprint density at radius 2 is 0.814 bits per heavy atom. The molecule has 0 aliphatic carbocycles. The van der Waals surface area contributed by atoms with Crippen LogP contribution < -0.4 is 0 Å². The molecule has 0 aliphatic rings. The van der Waals surface area contributed by atoms with Crippen LogP contribution in [0.15, 0.2) is 85.1 Å². The number of unbranched alkanes of at least 4 members (excludes halogenated alkanes) is 23. The van der Waals surface area contributed by atoms with Gasteiger partial charge in [-0.05, 0) is 70.6 Å². The molecule has 0 aromatic carbocycles. The van der Waals surface area contributed by atoms with Crippen LogP contribution in [0, 0.1) is 0 Å². The molecule has 0 saturated heterocycles. The highest BCUT2D eigenvalue weighted by molar-refractivity contribution is 7.47. The van der Waals surface area contributed by atoms with E-state index in [2.05, 4.69) is 98.9 Å². The molecule has 0 amide bonds. The minimum atomic E-state index is -4.37. The first kappa shape index (κ1) is 67.2. The lowest BCUT2D eigenvalue weighted by Gasteiger charge is -2.24. The number of esters is 2. The van der Waals surface area contributed by atoms with E-state index in [1.54, 1.807) is 0 Å². The number of hydrogen-bond donors (Lipinski definition) is 1. The molecule has 0 bridgehead atoms. The number of rotatable bonds is 51. The van der Waals surface area contributed by atoms with Gasteiger partial charge in [0.1, 0.15) is 19.8 Å². The fraction of sp³-hybridized carbons (Fsp3) is 0.733. The van der Waals surface area contributed by atoms with Gasteiger partial charge < -0.3 is 18.9 Å². The van der Waals surface area contributed by atoms with E-state index >= 15 is 0 Å². The van der Waals surface area contributed by atoms with Gasteiger partial charge in [-0.15, -0.1) is 0 Å². The monoisotopic (exact) mass is 1000 g/mol. The van der Waals surface area contributed by atoms with Gasteiger partial charge in [0.05, 0.1) is 27.7 Å². The zero-order valence-electron chi connectivity index (χ0n) is 45.7. The summed E-state index contributed by atoms with van der Waals surface area (Å²) >= 11 is 0. The molecule has 2 atom stereocenters. The van der Waals surface area contributed by atoms with Crippen molar-refractivity contribution < 1.29 is 42.1 Å². The molecular weight excluding hydrogens is 894 g/mol. The zero-order valence-corrected chi connectivity index (χ0v) is 46.6. The van der Waals surface area contributed by atoms with Gasteiger partial charge in [0.25, 0.3) is 0 Å². The van der Waals surface area contributed by atoms with Crippen molar-refractivity contribution in [3.8, 4) is 0 Å². The van der Waals surface area contributed by atoms with Crippen molar-refractivity contribution in [1.82, 2.24) is 0 Å². The molecule has 0 radical (unpaired) electrons. The topological polar surface area (TPSA) is 108 Å². The molecule has 0 heterocycles. The van der Waals surface area contributed by atoms with E-state index in [1.165, 1.54) is 109 Å². The van der Waals surface area contributed by atoms with E-state index in [0.717, 1.165) is 89.9 Å².